The molecule has 0 spiro atoms. The Kier molecular flexibility index (Phi) is 8.40. The summed E-state index contributed by atoms with van der Waals surface area (Å²) in [5.41, 5.74) is 1.28. The number of nitrogens with one attached hydrogen (secondary N) is 1. The molecule has 0 aliphatic rings. The van der Waals surface area contributed by atoms with Crippen LogP contribution in [0.2, 0.25) is 0 Å². The van der Waals surface area contributed by atoms with Crippen molar-refractivity contribution in [3.8, 4) is 5.75 Å². The van der Waals surface area contributed by atoms with Crippen LogP contribution in [-0.4, -0.2) is 25.4 Å². The Balaban J connectivity index is 2.20. The van der Waals surface area contributed by atoms with Crippen molar-refractivity contribution in [3.63, 3.8) is 0 Å². The highest BCUT2D eigenvalue weighted by atomic mass is 16.5. The SMILES string of the molecule is CC(C)CC(C)OCCOc1ccc(CNC(C)C)cc1. The smallest absolute Gasteiger partial charge is 0.119 e. The third-order valence-electron chi connectivity index (χ3n) is 3.20. The van der Waals surface area contributed by atoms with Crippen molar-refractivity contribution in [1.29, 1.82) is 0 Å². The van der Waals surface area contributed by atoms with E-state index in [1.807, 2.05) is 12.1 Å². The molecule has 1 unspecified atom stereocenters. The first-order chi connectivity index (χ1) is 9.97. The van der Waals surface area contributed by atoms with E-state index in [4.69, 9.17) is 9.47 Å². The van der Waals surface area contributed by atoms with E-state index in [1.54, 1.807) is 0 Å². The predicted molar refractivity (Wildman–Crippen MR) is 88.8 cm³/mol. The molecular weight excluding hydrogens is 262 g/mol. The van der Waals surface area contributed by atoms with E-state index in [2.05, 4.69) is 52.1 Å². The maximum Gasteiger partial charge on any atom is 0.119 e. The lowest BCUT2D eigenvalue weighted by atomic mass is 10.1. The molecule has 0 amide bonds. The zero-order valence-electron chi connectivity index (χ0n) is 14.2. The van der Waals surface area contributed by atoms with E-state index in [0.29, 0.717) is 31.3 Å². The lowest BCUT2D eigenvalue weighted by Gasteiger charge is -2.15. The molecule has 0 aromatic heterocycles. The van der Waals surface area contributed by atoms with Crippen LogP contribution in [0.1, 0.15) is 46.6 Å². The van der Waals surface area contributed by atoms with Crippen LogP contribution in [0.25, 0.3) is 0 Å². The van der Waals surface area contributed by atoms with Gasteiger partial charge in [-0.05, 0) is 37.0 Å². The monoisotopic (exact) mass is 293 g/mol. The summed E-state index contributed by atoms with van der Waals surface area (Å²) < 4.78 is 11.4. The average molecular weight is 293 g/mol. The number of benzene rings is 1. The molecule has 0 saturated carbocycles. The van der Waals surface area contributed by atoms with E-state index in [0.717, 1.165) is 18.7 Å². The third-order valence-corrected chi connectivity index (χ3v) is 3.20. The zero-order valence-corrected chi connectivity index (χ0v) is 14.2. The maximum atomic E-state index is 5.73. The molecule has 0 heterocycles. The minimum atomic E-state index is 0.304. The van der Waals surface area contributed by atoms with Gasteiger partial charge in [-0.3, -0.25) is 0 Å². The molecule has 1 aromatic rings. The fourth-order valence-electron chi connectivity index (χ4n) is 2.17. The lowest BCUT2D eigenvalue weighted by Crippen LogP contribution is -2.21. The second kappa shape index (κ2) is 9.80. The zero-order chi connectivity index (χ0) is 15.7. The van der Waals surface area contributed by atoms with E-state index in [9.17, 15) is 0 Å². The van der Waals surface area contributed by atoms with Gasteiger partial charge in [0, 0.05) is 12.6 Å². The average Bonchev–Trinajstić information content (AvgIpc) is 2.42. The molecule has 0 aliphatic carbocycles. The molecule has 120 valence electrons. The molecule has 0 bridgehead atoms. The second-order valence-corrected chi connectivity index (χ2v) is 6.34. The number of rotatable bonds is 10. The van der Waals surface area contributed by atoms with E-state index in [-0.39, 0.29) is 0 Å². The van der Waals surface area contributed by atoms with Gasteiger partial charge < -0.3 is 14.8 Å². The van der Waals surface area contributed by atoms with Crippen LogP contribution in [0.5, 0.6) is 5.75 Å². The summed E-state index contributed by atoms with van der Waals surface area (Å²) >= 11 is 0. The summed E-state index contributed by atoms with van der Waals surface area (Å²) in [5, 5.41) is 3.40. The van der Waals surface area contributed by atoms with Crippen LogP contribution >= 0.6 is 0 Å². The summed E-state index contributed by atoms with van der Waals surface area (Å²) in [6.45, 7) is 13.0. The minimum Gasteiger partial charge on any atom is -0.491 e. The Bertz CT molecular complexity index is 373. The normalized spacial score (nSPS) is 12.9. The molecule has 0 saturated heterocycles. The molecule has 0 fully saturated rings. The molecule has 1 N–H and O–H groups in total. The van der Waals surface area contributed by atoms with Gasteiger partial charge in [0.15, 0.2) is 0 Å². The first-order valence-electron chi connectivity index (χ1n) is 8.04. The third kappa shape index (κ3) is 8.74. The largest absolute Gasteiger partial charge is 0.491 e. The first kappa shape index (κ1) is 18.0. The summed E-state index contributed by atoms with van der Waals surface area (Å²) in [6, 6.07) is 8.76. The quantitative estimate of drug-likeness (QED) is 0.661. The van der Waals surface area contributed by atoms with Crippen LogP contribution < -0.4 is 10.1 Å². The molecule has 0 radical (unpaired) electrons. The molecule has 3 heteroatoms. The first-order valence-corrected chi connectivity index (χ1v) is 8.04. The lowest BCUT2D eigenvalue weighted by molar-refractivity contribution is 0.0331. The van der Waals surface area contributed by atoms with Gasteiger partial charge in [0.05, 0.1) is 12.7 Å². The van der Waals surface area contributed by atoms with Gasteiger partial charge in [-0.2, -0.15) is 0 Å². The van der Waals surface area contributed by atoms with E-state index < -0.39 is 0 Å². The number of hydrogen-bond acceptors (Lipinski definition) is 3. The molecule has 3 nitrogen and oxygen atoms in total. The van der Waals surface area contributed by atoms with Crippen molar-refractivity contribution < 1.29 is 9.47 Å². The van der Waals surface area contributed by atoms with Gasteiger partial charge in [-0.15, -0.1) is 0 Å². The molecular formula is C18H31NO2. The Labute approximate surface area is 130 Å². The molecule has 21 heavy (non-hydrogen) atoms. The molecule has 0 aliphatic heterocycles. The fraction of sp³-hybridized carbons (Fsp3) is 0.667. The van der Waals surface area contributed by atoms with Gasteiger partial charge in [0.25, 0.3) is 0 Å². The van der Waals surface area contributed by atoms with Crippen LogP contribution in [0.3, 0.4) is 0 Å². The Morgan fingerprint density at radius 3 is 2.19 bits per heavy atom. The summed E-state index contributed by atoms with van der Waals surface area (Å²) in [6.07, 6.45) is 1.40. The highest BCUT2D eigenvalue weighted by molar-refractivity contribution is 5.27. The fourth-order valence-corrected chi connectivity index (χ4v) is 2.17. The Morgan fingerprint density at radius 2 is 1.62 bits per heavy atom. The van der Waals surface area contributed by atoms with Crippen molar-refractivity contribution in [2.45, 2.75) is 59.7 Å². The minimum absolute atomic E-state index is 0.304. The van der Waals surface area contributed by atoms with E-state index >= 15 is 0 Å². The standard InChI is InChI=1S/C18H31NO2/c1-14(2)12-16(5)20-10-11-21-18-8-6-17(7-9-18)13-19-15(3)4/h6-9,14-16,19H,10-13H2,1-5H3. The topological polar surface area (TPSA) is 30.5 Å². The van der Waals surface area contributed by atoms with Gasteiger partial charge in [0.2, 0.25) is 0 Å². The van der Waals surface area contributed by atoms with Crippen molar-refractivity contribution in [1.82, 2.24) is 5.32 Å². The maximum absolute atomic E-state index is 5.73. The van der Waals surface area contributed by atoms with Gasteiger partial charge in [0.1, 0.15) is 12.4 Å². The van der Waals surface area contributed by atoms with Gasteiger partial charge >= 0.3 is 0 Å². The number of hydrogen-bond donors (Lipinski definition) is 1. The van der Waals surface area contributed by atoms with Crippen molar-refractivity contribution in [2.24, 2.45) is 5.92 Å². The predicted octanol–water partition coefficient (Wildman–Crippen LogP) is 4.01. The van der Waals surface area contributed by atoms with Crippen LogP contribution in [0.15, 0.2) is 24.3 Å². The Hall–Kier alpha value is -1.06. The molecule has 1 atom stereocenters. The summed E-state index contributed by atoms with van der Waals surface area (Å²) in [7, 11) is 0. The summed E-state index contributed by atoms with van der Waals surface area (Å²) in [5.74, 6) is 1.58. The van der Waals surface area contributed by atoms with Crippen molar-refractivity contribution in [3.05, 3.63) is 29.8 Å². The Morgan fingerprint density at radius 1 is 0.952 bits per heavy atom. The highest BCUT2D eigenvalue weighted by Crippen LogP contribution is 2.12. The highest BCUT2D eigenvalue weighted by Gasteiger charge is 2.05. The van der Waals surface area contributed by atoms with Crippen molar-refractivity contribution >= 4 is 0 Å². The van der Waals surface area contributed by atoms with Gasteiger partial charge in [-0.25, -0.2) is 0 Å². The van der Waals surface area contributed by atoms with Crippen LogP contribution in [0.4, 0.5) is 0 Å². The van der Waals surface area contributed by atoms with Crippen molar-refractivity contribution in [2.75, 3.05) is 13.2 Å². The van der Waals surface area contributed by atoms with Gasteiger partial charge in [-0.1, -0.05) is 39.8 Å². The second-order valence-electron chi connectivity index (χ2n) is 6.34. The summed E-state index contributed by atoms with van der Waals surface area (Å²) in [4.78, 5) is 0. The molecule has 1 rings (SSSR count). The van der Waals surface area contributed by atoms with E-state index in [1.165, 1.54) is 5.56 Å². The molecule has 1 aromatic carbocycles. The van der Waals surface area contributed by atoms with Crippen LogP contribution in [-0.2, 0) is 11.3 Å². The van der Waals surface area contributed by atoms with Crippen LogP contribution in [0, 0.1) is 5.92 Å². The number of ether oxygens (including phenoxy) is 2.